The Hall–Kier alpha value is -1.10. The summed E-state index contributed by atoms with van der Waals surface area (Å²) in [6.07, 6.45) is 1.35. The SMILES string of the molecule is CC1(C(=O)O)CCN(C(=O)CC(N)C(C)(C)C)CC1. The lowest BCUT2D eigenvalue weighted by molar-refractivity contribution is -0.153. The van der Waals surface area contributed by atoms with E-state index in [0.29, 0.717) is 32.4 Å². The number of nitrogens with zero attached hydrogens (tertiary/aromatic N) is 1. The van der Waals surface area contributed by atoms with Crippen molar-refractivity contribution in [3.8, 4) is 0 Å². The van der Waals surface area contributed by atoms with Crippen molar-refractivity contribution in [1.82, 2.24) is 4.90 Å². The van der Waals surface area contributed by atoms with E-state index in [1.807, 2.05) is 20.8 Å². The highest BCUT2D eigenvalue weighted by Crippen LogP contribution is 2.31. The number of piperidine rings is 1. The summed E-state index contributed by atoms with van der Waals surface area (Å²) in [5, 5.41) is 9.15. The molecule has 0 aliphatic carbocycles. The third-order valence-electron chi connectivity index (χ3n) is 4.24. The first-order chi connectivity index (χ1) is 8.56. The molecule has 1 saturated heterocycles. The van der Waals surface area contributed by atoms with Crippen molar-refractivity contribution in [2.24, 2.45) is 16.6 Å². The molecule has 0 bridgehead atoms. The quantitative estimate of drug-likeness (QED) is 0.813. The minimum atomic E-state index is -0.772. The van der Waals surface area contributed by atoms with Gasteiger partial charge in [0.25, 0.3) is 0 Å². The minimum Gasteiger partial charge on any atom is -0.481 e. The van der Waals surface area contributed by atoms with Gasteiger partial charge in [-0.15, -0.1) is 0 Å². The Labute approximate surface area is 115 Å². The number of carboxylic acid groups (broad SMARTS) is 1. The zero-order chi connectivity index (χ0) is 14.8. The molecule has 1 heterocycles. The van der Waals surface area contributed by atoms with E-state index in [1.165, 1.54) is 0 Å². The van der Waals surface area contributed by atoms with Crippen molar-refractivity contribution in [3.05, 3.63) is 0 Å². The summed E-state index contributed by atoms with van der Waals surface area (Å²) in [6, 6.07) is -0.173. The second-order valence-corrected chi connectivity index (χ2v) is 6.92. The van der Waals surface area contributed by atoms with Gasteiger partial charge < -0.3 is 15.7 Å². The minimum absolute atomic E-state index is 0.0369. The molecule has 0 aromatic rings. The highest BCUT2D eigenvalue weighted by atomic mass is 16.4. The monoisotopic (exact) mass is 270 g/mol. The first kappa shape index (κ1) is 16.0. The Kier molecular flexibility index (Phi) is 4.61. The van der Waals surface area contributed by atoms with Gasteiger partial charge in [0, 0.05) is 25.6 Å². The molecule has 1 aliphatic heterocycles. The van der Waals surface area contributed by atoms with Crippen LogP contribution in [0.4, 0.5) is 0 Å². The summed E-state index contributed by atoms with van der Waals surface area (Å²) in [4.78, 5) is 25.0. The molecule has 5 nitrogen and oxygen atoms in total. The van der Waals surface area contributed by atoms with E-state index in [2.05, 4.69) is 0 Å². The van der Waals surface area contributed by atoms with E-state index in [9.17, 15) is 9.59 Å². The molecule has 1 rings (SSSR count). The van der Waals surface area contributed by atoms with Gasteiger partial charge in [0.2, 0.25) is 5.91 Å². The van der Waals surface area contributed by atoms with Crippen LogP contribution in [0.25, 0.3) is 0 Å². The Morgan fingerprint density at radius 1 is 1.32 bits per heavy atom. The molecule has 1 amide bonds. The molecule has 0 saturated carbocycles. The first-order valence-corrected chi connectivity index (χ1v) is 6.83. The van der Waals surface area contributed by atoms with E-state index < -0.39 is 11.4 Å². The number of carboxylic acids is 1. The molecule has 1 atom stereocenters. The third-order valence-corrected chi connectivity index (χ3v) is 4.24. The van der Waals surface area contributed by atoms with Gasteiger partial charge in [-0.3, -0.25) is 9.59 Å². The van der Waals surface area contributed by atoms with Crippen LogP contribution in [0.2, 0.25) is 0 Å². The number of carbonyl (C=O) groups excluding carboxylic acids is 1. The van der Waals surface area contributed by atoms with Crippen LogP contribution in [0.5, 0.6) is 0 Å². The fraction of sp³-hybridized carbons (Fsp3) is 0.857. The van der Waals surface area contributed by atoms with E-state index >= 15 is 0 Å². The fourth-order valence-electron chi connectivity index (χ4n) is 2.09. The summed E-state index contributed by atoms with van der Waals surface area (Å²) in [6.45, 7) is 8.82. The molecule has 3 N–H and O–H groups in total. The van der Waals surface area contributed by atoms with Gasteiger partial charge >= 0.3 is 5.97 Å². The van der Waals surface area contributed by atoms with Crippen LogP contribution < -0.4 is 5.73 Å². The van der Waals surface area contributed by atoms with Crippen molar-refractivity contribution >= 4 is 11.9 Å². The fourth-order valence-corrected chi connectivity index (χ4v) is 2.09. The van der Waals surface area contributed by atoms with Crippen LogP contribution >= 0.6 is 0 Å². The van der Waals surface area contributed by atoms with Crippen LogP contribution in [0.3, 0.4) is 0 Å². The van der Waals surface area contributed by atoms with Crippen molar-refractivity contribution in [2.45, 2.75) is 53.0 Å². The predicted molar refractivity (Wildman–Crippen MR) is 73.6 cm³/mol. The molecule has 0 aromatic heterocycles. The van der Waals surface area contributed by atoms with Crippen LogP contribution in [0.15, 0.2) is 0 Å². The lowest BCUT2D eigenvalue weighted by Gasteiger charge is -2.37. The Morgan fingerprint density at radius 3 is 2.16 bits per heavy atom. The van der Waals surface area contributed by atoms with Gasteiger partial charge in [-0.2, -0.15) is 0 Å². The normalized spacial score (nSPS) is 21.0. The predicted octanol–water partition coefficient (Wildman–Crippen LogP) is 1.46. The Balaban J connectivity index is 2.52. The summed E-state index contributed by atoms with van der Waals surface area (Å²) in [7, 11) is 0. The standard InChI is InChI=1S/C14H26N2O3/c1-13(2,3)10(15)9-11(17)16-7-5-14(4,6-8-16)12(18)19/h10H,5-9,15H2,1-4H3,(H,18,19). The van der Waals surface area contributed by atoms with Crippen molar-refractivity contribution in [2.75, 3.05) is 13.1 Å². The second kappa shape index (κ2) is 5.49. The molecule has 0 radical (unpaired) electrons. The van der Waals surface area contributed by atoms with Gasteiger partial charge in [0.1, 0.15) is 0 Å². The smallest absolute Gasteiger partial charge is 0.309 e. The summed E-state index contributed by atoms with van der Waals surface area (Å²) < 4.78 is 0. The van der Waals surface area contributed by atoms with Crippen molar-refractivity contribution < 1.29 is 14.7 Å². The number of hydrogen-bond donors (Lipinski definition) is 2. The van der Waals surface area contributed by atoms with Gasteiger partial charge in [0.15, 0.2) is 0 Å². The Morgan fingerprint density at radius 2 is 1.79 bits per heavy atom. The number of nitrogens with two attached hydrogens (primary N) is 1. The van der Waals surface area contributed by atoms with Gasteiger partial charge in [0.05, 0.1) is 5.41 Å². The van der Waals surface area contributed by atoms with Crippen LogP contribution in [0, 0.1) is 10.8 Å². The molecule has 19 heavy (non-hydrogen) atoms. The molecule has 5 heteroatoms. The maximum Gasteiger partial charge on any atom is 0.309 e. The summed E-state index contributed by atoms with van der Waals surface area (Å²) in [5.41, 5.74) is 5.23. The van der Waals surface area contributed by atoms with Gasteiger partial charge in [-0.25, -0.2) is 0 Å². The average molecular weight is 270 g/mol. The Bertz CT molecular complexity index is 352. The van der Waals surface area contributed by atoms with Crippen LogP contribution in [-0.4, -0.2) is 41.0 Å². The van der Waals surface area contributed by atoms with Crippen molar-refractivity contribution in [3.63, 3.8) is 0 Å². The highest BCUT2D eigenvalue weighted by molar-refractivity contribution is 5.78. The zero-order valence-corrected chi connectivity index (χ0v) is 12.4. The number of rotatable bonds is 3. The largest absolute Gasteiger partial charge is 0.481 e. The highest BCUT2D eigenvalue weighted by Gasteiger charge is 2.38. The lowest BCUT2D eigenvalue weighted by atomic mass is 9.80. The number of carbonyl (C=O) groups is 2. The van der Waals surface area contributed by atoms with Crippen LogP contribution in [-0.2, 0) is 9.59 Å². The maximum absolute atomic E-state index is 12.1. The molecular weight excluding hydrogens is 244 g/mol. The second-order valence-electron chi connectivity index (χ2n) is 6.92. The zero-order valence-electron chi connectivity index (χ0n) is 12.4. The van der Waals surface area contributed by atoms with Gasteiger partial charge in [-0.1, -0.05) is 20.8 Å². The van der Waals surface area contributed by atoms with E-state index in [4.69, 9.17) is 10.8 Å². The summed E-state index contributed by atoms with van der Waals surface area (Å²) in [5.74, 6) is -0.735. The van der Waals surface area contributed by atoms with Crippen LogP contribution in [0.1, 0.15) is 47.0 Å². The molecule has 1 aliphatic rings. The molecule has 0 spiro atoms. The number of likely N-dealkylation sites (tertiary alicyclic amines) is 1. The molecule has 1 fully saturated rings. The molecular formula is C14H26N2O3. The topological polar surface area (TPSA) is 83.6 Å². The molecule has 0 aromatic carbocycles. The van der Waals surface area contributed by atoms with Gasteiger partial charge in [-0.05, 0) is 25.2 Å². The number of amides is 1. The van der Waals surface area contributed by atoms with Crippen molar-refractivity contribution in [1.29, 1.82) is 0 Å². The molecule has 110 valence electrons. The number of aliphatic carboxylic acids is 1. The maximum atomic E-state index is 12.1. The summed E-state index contributed by atoms with van der Waals surface area (Å²) >= 11 is 0. The number of hydrogen-bond acceptors (Lipinski definition) is 3. The van der Waals surface area contributed by atoms with E-state index in [-0.39, 0.29) is 17.4 Å². The third kappa shape index (κ3) is 3.93. The van der Waals surface area contributed by atoms with E-state index in [1.54, 1.807) is 11.8 Å². The average Bonchev–Trinajstić information content (AvgIpc) is 2.28. The first-order valence-electron chi connectivity index (χ1n) is 6.83. The lowest BCUT2D eigenvalue weighted by Crippen LogP contribution is -2.47. The van der Waals surface area contributed by atoms with E-state index in [0.717, 1.165) is 0 Å². The molecule has 1 unspecified atom stereocenters.